The average Bonchev–Trinajstić information content (AvgIpc) is 2.79. The van der Waals surface area contributed by atoms with Crippen molar-refractivity contribution in [1.29, 1.82) is 0 Å². The molecule has 3 nitrogen and oxygen atoms in total. The van der Waals surface area contributed by atoms with Crippen molar-refractivity contribution in [2.24, 2.45) is 0 Å². The first kappa shape index (κ1) is 7.76. The highest BCUT2D eigenvalue weighted by atomic mass is 15.3. The number of aromatic nitrogens is 2. The van der Waals surface area contributed by atoms with Gasteiger partial charge in [0, 0.05) is 18.7 Å². The van der Waals surface area contributed by atoms with Gasteiger partial charge in [0.05, 0.1) is 17.6 Å². The lowest BCUT2D eigenvalue weighted by Gasteiger charge is -2.04. The Hall–Kier alpha value is -1.61. The van der Waals surface area contributed by atoms with E-state index < -0.39 is 0 Å². The van der Waals surface area contributed by atoms with Gasteiger partial charge in [-0.2, -0.15) is 5.10 Å². The van der Waals surface area contributed by atoms with Crippen LogP contribution in [0.2, 0.25) is 0 Å². The van der Waals surface area contributed by atoms with Crippen molar-refractivity contribution in [3.05, 3.63) is 47.8 Å². The van der Waals surface area contributed by atoms with E-state index in [1.54, 1.807) is 0 Å². The summed E-state index contributed by atoms with van der Waals surface area (Å²) in [5, 5.41) is 7.70. The Morgan fingerprint density at radius 1 is 1.14 bits per heavy atom. The Morgan fingerprint density at radius 2 is 2.00 bits per heavy atom. The molecule has 0 bridgehead atoms. The van der Waals surface area contributed by atoms with Gasteiger partial charge in [-0.15, -0.1) is 0 Å². The number of hydrogen-bond donors (Lipinski definition) is 1. The lowest BCUT2D eigenvalue weighted by molar-refractivity contribution is 0.711. The highest BCUT2D eigenvalue weighted by Gasteiger charge is 2.16. The molecule has 0 saturated carbocycles. The minimum Gasteiger partial charge on any atom is -0.307 e. The van der Waals surface area contributed by atoms with Crippen molar-refractivity contribution < 1.29 is 0 Å². The number of nitrogens with one attached hydrogen (secondary N) is 1. The fraction of sp³-hybridized carbons (Fsp3) is 0.182. The predicted octanol–water partition coefficient (Wildman–Crippen LogP) is 1.48. The van der Waals surface area contributed by atoms with E-state index in [4.69, 9.17) is 0 Å². The van der Waals surface area contributed by atoms with Crippen LogP contribution in [0.3, 0.4) is 0 Å². The van der Waals surface area contributed by atoms with Gasteiger partial charge in [0.2, 0.25) is 0 Å². The third-order valence-electron chi connectivity index (χ3n) is 2.56. The molecule has 0 fully saturated rings. The van der Waals surface area contributed by atoms with E-state index in [0.29, 0.717) is 0 Å². The zero-order valence-electron chi connectivity index (χ0n) is 7.77. The molecule has 1 aromatic heterocycles. The first-order valence-corrected chi connectivity index (χ1v) is 4.77. The summed E-state index contributed by atoms with van der Waals surface area (Å²) in [4.78, 5) is 0. The molecule has 2 heterocycles. The maximum absolute atomic E-state index is 4.38. The molecule has 1 aromatic carbocycles. The van der Waals surface area contributed by atoms with Gasteiger partial charge in [0.1, 0.15) is 0 Å². The lowest BCUT2D eigenvalue weighted by atomic mass is 10.3. The number of benzene rings is 1. The smallest absolute Gasteiger partial charge is 0.0649 e. The van der Waals surface area contributed by atoms with Crippen LogP contribution in [0.4, 0.5) is 0 Å². The Bertz CT molecular complexity index is 445. The summed E-state index contributed by atoms with van der Waals surface area (Å²) in [6, 6.07) is 10.2. The summed E-state index contributed by atoms with van der Waals surface area (Å²) in [6.45, 7) is 1.87. The molecule has 3 heteroatoms. The summed E-state index contributed by atoms with van der Waals surface area (Å²) in [5.41, 5.74) is 3.74. The van der Waals surface area contributed by atoms with Crippen LogP contribution < -0.4 is 5.32 Å². The third-order valence-corrected chi connectivity index (χ3v) is 2.56. The van der Waals surface area contributed by atoms with Crippen LogP contribution in [0, 0.1) is 0 Å². The Labute approximate surface area is 82.4 Å². The Morgan fingerprint density at radius 3 is 2.86 bits per heavy atom. The molecule has 0 spiro atoms. The van der Waals surface area contributed by atoms with Gasteiger partial charge in [0.25, 0.3) is 0 Å². The van der Waals surface area contributed by atoms with Gasteiger partial charge in [-0.1, -0.05) is 18.2 Å². The van der Waals surface area contributed by atoms with Crippen LogP contribution in [0.5, 0.6) is 0 Å². The first-order valence-electron chi connectivity index (χ1n) is 4.77. The molecular formula is C11H11N3. The van der Waals surface area contributed by atoms with E-state index >= 15 is 0 Å². The van der Waals surface area contributed by atoms with Gasteiger partial charge in [-0.05, 0) is 12.1 Å². The van der Waals surface area contributed by atoms with Crippen LogP contribution in [-0.2, 0) is 13.1 Å². The molecule has 1 aliphatic heterocycles. The maximum atomic E-state index is 4.38. The molecule has 0 saturated heterocycles. The fourth-order valence-corrected chi connectivity index (χ4v) is 1.85. The molecule has 0 aliphatic carbocycles. The molecule has 3 rings (SSSR count). The zero-order valence-corrected chi connectivity index (χ0v) is 7.77. The molecule has 0 amide bonds. The van der Waals surface area contributed by atoms with Gasteiger partial charge in [0.15, 0.2) is 0 Å². The van der Waals surface area contributed by atoms with Crippen molar-refractivity contribution in [2.45, 2.75) is 13.1 Å². The van der Waals surface area contributed by atoms with Crippen molar-refractivity contribution in [1.82, 2.24) is 15.1 Å². The van der Waals surface area contributed by atoms with Gasteiger partial charge in [-0.25, -0.2) is 4.68 Å². The van der Waals surface area contributed by atoms with E-state index in [1.165, 1.54) is 11.3 Å². The standard InChI is InChI=1S/C11H11N3/c1-2-4-10(5-3-1)14-11-8-12-6-9(11)7-13-14/h1-5,7,12H,6,8H2. The summed E-state index contributed by atoms with van der Waals surface area (Å²) in [5.74, 6) is 0. The second-order valence-electron chi connectivity index (χ2n) is 3.47. The summed E-state index contributed by atoms with van der Waals surface area (Å²) in [6.07, 6.45) is 1.95. The Kier molecular flexibility index (Phi) is 1.64. The Balaban J connectivity index is 2.13. The highest BCUT2D eigenvalue weighted by molar-refractivity contribution is 5.36. The van der Waals surface area contributed by atoms with Crippen LogP contribution in [0.25, 0.3) is 5.69 Å². The fourth-order valence-electron chi connectivity index (χ4n) is 1.85. The number of nitrogens with zero attached hydrogens (tertiary/aromatic N) is 2. The highest BCUT2D eigenvalue weighted by Crippen LogP contribution is 2.18. The summed E-state index contributed by atoms with van der Waals surface area (Å²) in [7, 11) is 0. The van der Waals surface area contributed by atoms with E-state index in [2.05, 4.69) is 22.5 Å². The maximum Gasteiger partial charge on any atom is 0.0649 e. The molecule has 0 radical (unpaired) electrons. The molecule has 2 aromatic rings. The van der Waals surface area contributed by atoms with Gasteiger partial charge < -0.3 is 5.32 Å². The van der Waals surface area contributed by atoms with Crippen molar-refractivity contribution in [2.75, 3.05) is 0 Å². The topological polar surface area (TPSA) is 29.9 Å². The monoisotopic (exact) mass is 185 g/mol. The SMILES string of the molecule is c1ccc(-n2ncc3c2CNC3)cc1. The molecule has 14 heavy (non-hydrogen) atoms. The number of rotatable bonds is 1. The van der Waals surface area contributed by atoms with E-state index in [-0.39, 0.29) is 0 Å². The molecule has 70 valence electrons. The van der Waals surface area contributed by atoms with Crippen molar-refractivity contribution >= 4 is 0 Å². The average molecular weight is 185 g/mol. The molecule has 1 N–H and O–H groups in total. The normalized spacial score (nSPS) is 14.3. The minimum absolute atomic E-state index is 0.921. The van der Waals surface area contributed by atoms with Crippen LogP contribution in [0.15, 0.2) is 36.5 Å². The van der Waals surface area contributed by atoms with Crippen LogP contribution in [-0.4, -0.2) is 9.78 Å². The van der Waals surface area contributed by atoms with Gasteiger partial charge in [-0.3, -0.25) is 0 Å². The predicted molar refractivity (Wildman–Crippen MR) is 54.1 cm³/mol. The van der Waals surface area contributed by atoms with E-state index in [1.807, 2.05) is 29.1 Å². The number of fused-ring (bicyclic) bond motifs is 1. The molecular weight excluding hydrogens is 174 g/mol. The van der Waals surface area contributed by atoms with Gasteiger partial charge >= 0.3 is 0 Å². The number of para-hydroxylation sites is 1. The number of hydrogen-bond acceptors (Lipinski definition) is 2. The van der Waals surface area contributed by atoms with Crippen molar-refractivity contribution in [3.63, 3.8) is 0 Å². The minimum atomic E-state index is 0.921. The summed E-state index contributed by atoms with van der Waals surface area (Å²) >= 11 is 0. The van der Waals surface area contributed by atoms with E-state index in [9.17, 15) is 0 Å². The van der Waals surface area contributed by atoms with Crippen LogP contribution in [0.1, 0.15) is 11.3 Å². The molecule has 0 unspecified atom stereocenters. The van der Waals surface area contributed by atoms with E-state index in [0.717, 1.165) is 18.8 Å². The second kappa shape index (κ2) is 2.96. The van der Waals surface area contributed by atoms with Crippen molar-refractivity contribution in [3.8, 4) is 5.69 Å². The van der Waals surface area contributed by atoms with Crippen LogP contribution >= 0.6 is 0 Å². The first-order chi connectivity index (χ1) is 6.95. The zero-order chi connectivity index (χ0) is 9.38. The molecule has 1 aliphatic rings. The quantitative estimate of drug-likeness (QED) is 0.729. The summed E-state index contributed by atoms with van der Waals surface area (Å²) < 4.78 is 2.01. The molecule has 0 atom stereocenters. The second-order valence-corrected chi connectivity index (χ2v) is 3.47. The lowest BCUT2D eigenvalue weighted by Crippen LogP contribution is -2.06. The largest absolute Gasteiger partial charge is 0.307 e. The third kappa shape index (κ3) is 1.06.